The fourth-order valence-corrected chi connectivity index (χ4v) is 3.34. The lowest BCUT2D eigenvalue weighted by Crippen LogP contribution is -2.24. The number of anilines is 1. The van der Waals surface area contributed by atoms with Crippen molar-refractivity contribution in [3.63, 3.8) is 0 Å². The van der Waals surface area contributed by atoms with E-state index in [1.807, 2.05) is 13.0 Å². The Labute approximate surface area is 156 Å². The molecule has 10 heteroatoms. The van der Waals surface area contributed by atoms with Gasteiger partial charge in [0.05, 0.1) is 16.0 Å². The van der Waals surface area contributed by atoms with E-state index in [2.05, 4.69) is 15.3 Å². The number of rotatable bonds is 4. The molecule has 0 bridgehead atoms. The van der Waals surface area contributed by atoms with Crippen LogP contribution in [0.3, 0.4) is 0 Å². The third-order valence-electron chi connectivity index (χ3n) is 3.35. The summed E-state index contributed by atoms with van der Waals surface area (Å²) < 4.78 is 38.2. The van der Waals surface area contributed by atoms with E-state index in [4.69, 9.17) is 11.6 Å². The molecule has 1 amide bonds. The molecule has 1 aromatic carbocycles. The Morgan fingerprint density at radius 2 is 1.96 bits per heavy atom. The summed E-state index contributed by atoms with van der Waals surface area (Å²) in [7, 11) is 0. The summed E-state index contributed by atoms with van der Waals surface area (Å²) >= 11 is 6.84. The van der Waals surface area contributed by atoms with Gasteiger partial charge in [0.15, 0.2) is 10.9 Å². The fourth-order valence-electron chi connectivity index (χ4n) is 2.16. The number of aryl methyl sites for hydroxylation is 2. The van der Waals surface area contributed by atoms with Gasteiger partial charge in [0.25, 0.3) is 5.56 Å². The standard InChI is InChI=1S/C16H15ClF3N3O2S/c1-7-4-8(2)13(10(17)5-7)23-14(25)9(3)26-15-21-11(16(18,19)20)6-12(24)22-15/h4-6,9H,1-3H3,(H,23,25)(H,21,22,24). The number of H-pyrrole nitrogens is 1. The van der Waals surface area contributed by atoms with E-state index in [-0.39, 0.29) is 5.16 Å². The Morgan fingerprint density at radius 3 is 2.54 bits per heavy atom. The number of nitrogens with one attached hydrogen (secondary N) is 2. The van der Waals surface area contributed by atoms with Crippen LogP contribution in [0.15, 0.2) is 28.2 Å². The predicted octanol–water partition coefficient (Wildman–Crippen LogP) is 4.18. The SMILES string of the molecule is Cc1cc(C)c(NC(=O)C(C)Sc2nc(C(F)(F)F)cc(=O)[nH]2)c(Cl)c1. The number of carbonyl (C=O) groups excluding carboxylic acids is 1. The number of aromatic nitrogens is 2. The van der Waals surface area contributed by atoms with Gasteiger partial charge in [-0.15, -0.1) is 0 Å². The zero-order valence-electron chi connectivity index (χ0n) is 14.0. The number of benzene rings is 1. The van der Waals surface area contributed by atoms with Crippen LogP contribution < -0.4 is 10.9 Å². The van der Waals surface area contributed by atoms with E-state index in [1.54, 1.807) is 13.0 Å². The van der Waals surface area contributed by atoms with Crippen molar-refractivity contribution < 1.29 is 18.0 Å². The average Bonchev–Trinajstić information content (AvgIpc) is 2.49. The van der Waals surface area contributed by atoms with Crippen LogP contribution in [0.1, 0.15) is 23.7 Å². The van der Waals surface area contributed by atoms with Crippen molar-refractivity contribution in [2.75, 3.05) is 5.32 Å². The van der Waals surface area contributed by atoms with Crippen LogP contribution in [-0.4, -0.2) is 21.1 Å². The van der Waals surface area contributed by atoms with Gasteiger partial charge in [-0.3, -0.25) is 9.59 Å². The molecule has 2 rings (SSSR count). The average molecular weight is 406 g/mol. The van der Waals surface area contributed by atoms with E-state index in [0.29, 0.717) is 28.5 Å². The maximum absolute atomic E-state index is 12.7. The molecule has 1 aromatic heterocycles. The molecule has 0 radical (unpaired) electrons. The molecule has 1 unspecified atom stereocenters. The van der Waals surface area contributed by atoms with Crippen LogP contribution in [0.4, 0.5) is 18.9 Å². The molecule has 0 fully saturated rings. The summed E-state index contributed by atoms with van der Waals surface area (Å²) in [5.74, 6) is -0.482. The second kappa shape index (κ2) is 7.71. The van der Waals surface area contributed by atoms with Crippen molar-refractivity contribution in [2.24, 2.45) is 0 Å². The summed E-state index contributed by atoms with van der Waals surface area (Å²) in [4.78, 5) is 29.3. The normalized spacial score (nSPS) is 12.7. The zero-order chi connectivity index (χ0) is 19.6. The molecule has 0 aliphatic carbocycles. The van der Waals surface area contributed by atoms with Crippen LogP contribution in [0.5, 0.6) is 0 Å². The lowest BCUT2D eigenvalue weighted by atomic mass is 10.1. The number of aromatic amines is 1. The molecule has 2 aromatic rings. The molecule has 1 heterocycles. The molecule has 0 saturated heterocycles. The first-order valence-corrected chi connectivity index (χ1v) is 8.66. The second-order valence-corrected chi connectivity index (χ2v) is 7.36. The second-order valence-electron chi connectivity index (χ2n) is 5.62. The first-order valence-electron chi connectivity index (χ1n) is 7.40. The van der Waals surface area contributed by atoms with E-state index in [0.717, 1.165) is 11.1 Å². The first-order chi connectivity index (χ1) is 12.0. The number of thioether (sulfide) groups is 1. The third kappa shape index (κ3) is 5.01. The van der Waals surface area contributed by atoms with Crippen LogP contribution in [0, 0.1) is 13.8 Å². The van der Waals surface area contributed by atoms with Gasteiger partial charge in [-0.1, -0.05) is 29.4 Å². The number of hydrogen-bond donors (Lipinski definition) is 2. The highest BCUT2D eigenvalue weighted by molar-refractivity contribution is 8.00. The zero-order valence-corrected chi connectivity index (χ0v) is 15.6. The quantitative estimate of drug-likeness (QED) is 0.591. The summed E-state index contributed by atoms with van der Waals surface area (Å²) in [6.45, 7) is 5.12. The minimum Gasteiger partial charge on any atom is -0.324 e. The maximum Gasteiger partial charge on any atom is 0.433 e. The molecular formula is C16H15ClF3N3O2S. The highest BCUT2D eigenvalue weighted by Gasteiger charge is 2.33. The molecule has 2 N–H and O–H groups in total. The van der Waals surface area contributed by atoms with Gasteiger partial charge in [-0.05, 0) is 38.0 Å². The van der Waals surface area contributed by atoms with Gasteiger partial charge in [0, 0.05) is 6.07 Å². The van der Waals surface area contributed by atoms with Crippen LogP contribution in [0.2, 0.25) is 5.02 Å². The van der Waals surface area contributed by atoms with Crippen molar-refractivity contribution in [1.29, 1.82) is 0 Å². The van der Waals surface area contributed by atoms with E-state index >= 15 is 0 Å². The Kier molecular flexibility index (Phi) is 6.02. The number of alkyl halides is 3. The number of nitrogens with zero attached hydrogens (tertiary/aromatic N) is 1. The minimum absolute atomic E-state index is 0.292. The van der Waals surface area contributed by atoms with E-state index in [1.165, 1.54) is 6.92 Å². The molecule has 0 spiro atoms. The Balaban J connectivity index is 2.18. The maximum atomic E-state index is 12.7. The summed E-state index contributed by atoms with van der Waals surface area (Å²) in [5, 5.41) is 1.90. The van der Waals surface area contributed by atoms with Gasteiger partial charge in [-0.25, -0.2) is 4.98 Å². The minimum atomic E-state index is -4.75. The smallest absolute Gasteiger partial charge is 0.324 e. The number of hydrogen-bond acceptors (Lipinski definition) is 4. The fraction of sp³-hybridized carbons (Fsp3) is 0.312. The molecule has 26 heavy (non-hydrogen) atoms. The van der Waals surface area contributed by atoms with Crippen LogP contribution in [-0.2, 0) is 11.0 Å². The van der Waals surface area contributed by atoms with E-state index < -0.39 is 28.6 Å². The Bertz CT molecular complexity index is 876. The molecular weight excluding hydrogens is 391 g/mol. The van der Waals surface area contributed by atoms with Gasteiger partial charge in [0.1, 0.15) is 0 Å². The first kappa shape index (κ1) is 20.3. The van der Waals surface area contributed by atoms with Crippen molar-refractivity contribution in [3.05, 3.63) is 50.4 Å². The molecule has 0 saturated carbocycles. The third-order valence-corrected chi connectivity index (χ3v) is 4.63. The summed E-state index contributed by atoms with van der Waals surface area (Å²) in [6.07, 6.45) is -4.75. The topological polar surface area (TPSA) is 74.8 Å². The van der Waals surface area contributed by atoms with Crippen molar-refractivity contribution in [2.45, 2.75) is 37.4 Å². The van der Waals surface area contributed by atoms with Crippen LogP contribution in [0.25, 0.3) is 0 Å². The molecule has 140 valence electrons. The summed E-state index contributed by atoms with van der Waals surface area (Å²) in [5.41, 5.74) is -0.140. The number of halogens is 4. The largest absolute Gasteiger partial charge is 0.433 e. The molecule has 1 atom stereocenters. The molecule has 5 nitrogen and oxygen atoms in total. The summed E-state index contributed by atoms with van der Waals surface area (Å²) in [6, 6.07) is 3.89. The monoisotopic (exact) mass is 405 g/mol. The van der Waals surface area contributed by atoms with Crippen molar-refractivity contribution in [3.8, 4) is 0 Å². The lowest BCUT2D eigenvalue weighted by Gasteiger charge is -2.15. The molecule has 0 aliphatic rings. The van der Waals surface area contributed by atoms with E-state index in [9.17, 15) is 22.8 Å². The van der Waals surface area contributed by atoms with Gasteiger partial charge >= 0.3 is 6.18 Å². The van der Waals surface area contributed by atoms with Gasteiger partial charge in [0.2, 0.25) is 5.91 Å². The lowest BCUT2D eigenvalue weighted by molar-refractivity contribution is -0.141. The molecule has 0 aliphatic heterocycles. The Morgan fingerprint density at radius 1 is 1.31 bits per heavy atom. The van der Waals surface area contributed by atoms with Crippen LogP contribution >= 0.6 is 23.4 Å². The highest BCUT2D eigenvalue weighted by Crippen LogP contribution is 2.30. The van der Waals surface area contributed by atoms with Gasteiger partial charge < -0.3 is 10.3 Å². The number of carbonyl (C=O) groups is 1. The van der Waals surface area contributed by atoms with Crippen molar-refractivity contribution in [1.82, 2.24) is 9.97 Å². The van der Waals surface area contributed by atoms with Crippen molar-refractivity contribution >= 4 is 35.0 Å². The number of amides is 1. The predicted molar refractivity (Wildman–Crippen MR) is 94.7 cm³/mol. The highest BCUT2D eigenvalue weighted by atomic mass is 35.5. The Hall–Kier alpha value is -2.00. The van der Waals surface area contributed by atoms with Gasteiger partial charge in [-0.2, -0.15) is 13.2 Å².